The van der Waals surface area contributed by atoms with Crippen LogP contribution in [0.2, 0.25) is 0 Å². The number of nitrogens with zero attached hydrogens (tertiary/aromatic N) is 1. The molecule has 1 unspecified atom stereocenters. The van der Waals surface area contributed by atoms with Crippen LogP contribution in [0.3, 0.4) is 0 Å². The smallest absolute Gasteiger partial charge is 0.000750 e. The topological polar surface area (TPSA) is 29.3 Å². The van der Waals surface area contributed by atoms with E-state index in [2.05, 4.69) is 11.8 Å². The van der Waals surface area contributed by atoms with Crippen molar-refractivity contribution >= 4 is 0 Å². The first-order valence-corrected chi connectivity index (χ1v) is 7.16. The van der Waals surface area contributed by atoms with Crippen LogP contribution < -0.4 is 5.73 Å². The molecule has 1 aliphatic heterocycles. The van der Waals surface area contributed by atoms with E-state index in [1.165, 1.54) is 64.6 Å². The second-order valence-corrected chi connectivity index (χ2v) is 6.21. The Balaban J connectivity index is 1.78. The zero-order valence-electron chi connectivity index (χ0n) is 10.9. The first-order chi connectivity index (χ1) is 7.74. The van der Waals surface area contributed by atoms with E-state index in [4.69, 9.17) is 5.73 Å². The van der Waals surface area contributed by atoms with Gasteiger partial charge in [-0.1, -0.05) is 26.2 Å². The highest BCUT2D eigenvalue weighted by Crippen LogP contribution is 2.38. The molecular formula is C14H28N2. The highest BCUT2D eigenvalue weighted by Gasteiger charge is 2.31. The molecule has 0 amide bonds. The second-order valence-electron chi connectivity index (χ2n) is 6.21. The molecule has 16 heavy (non-hydrogen) atoms. The molecule has 1 saturated carbocycles. The molecule has 1 aliphatic carbocycles. The van der Waals surface area contributed by atoms with Gasteiger partial charge in [-0.15, -0.1) is 0 Å². The van der Waals surface area contributed by atoms with Crippen molar-refractivity contribution in [3.8, 4) is 0 Å². The molecule has 1 heterocycles. The summed E-state index contributed by atoms with van der Waals surface area (Å²) in [7, 11) is 0. The first-order valence-electron chi connectivity index (χ1n) is 7.16. The van der Waals surface area contributed by atoms with Gasteiger partial charge in [-0.25, -0.2) is 0 Å². The van der Waals surface area contributed by atoms with Gasteiger partial charge >= 0.3 is 0 Å². The van der Waals surface area contributed by atoms with Crippen molar-refractivity contribution in [2.45, 2.75) is 51.9 Å². The molecular weight excluding hydrogens is 196 g/mol. The normalized spacial score (nSPS) is 30.8. The molecule has 0 bridgehead atoms. The van der Waals surface area contributed by atoms with Crippen LogP contribution in [-0.4, -0.2) is 31.1 Å². The lowest BCUT2D eigenvalue weighted by atomic mass is 9.72. The molecule has 0 spiro atoms. The summed E-state index contributed by atoms with van der Waals surface area (Å²) < 4.78 is 0. The van der Waals surface area contributed by atoms with Crippen LogP contribution in [0.4, 0.5) is 0 Å². The molecule has 2 heteroatoms. The quantitative estimate of drug-likeness (QED) is 0.795. The van der Waals surface area contributed by atoms with Gasteiger partial charge in [0.15, 0.2) is 0 Å². The fourth-order valence-electron chi connectivity index (χ4n) is 3.48. The Morgan fingerprint density at radius 3 is 2.56 bits per heavy atom. The molecule has 0 aromatic rings. The lowest BCUT2D eigenvalue weighted by Gasteiger charge is -2.37. The van der Waals surface area contributed by atoms with E-state index >= 15 is 0 Å². The largest absolute Gasteiger partial charge is 0.330 e. The molecule has 94 valence electrons. The summed E-state index contributed by atoms with van der Waals surface area (Å²) in [5.74, 6) is 0.917. The Morgan fingerprint density at radius 1 is 1.25 bits per heavy atom. The fraction of sp³-hybridized carbons (Fsp3) is 1.00. The SMILES string of the molecule is CC1CCN(CCC2(CN)CCCCC2)C1. The van der Waals surface area contributed by atoms with E-state index in [1.54, 1.807) is 0 Å². The van der Waals surface area contributed by atoms with Gasteiger partial charge in [0.05, 0.1) is 0 Å². The summed E-state index contributed by atoms with van der Waals surface area (Å²) in [6.45, 7) is 7.22. The minimum atomic E-state index is 0.504. The Morgan fingerprint density at radius 2 is 2.00 bits per heavy atom. The van der Waals surface area contributed by atoms with Gasteiger partial charge < -0.3 is 10.6 Å². The van der Waals surface area contributed by atoms with Gasteiger partial charge in [0.1, 0.15) is 0 Å². The predicted octanol–water partition coefficient (Wildman–Crippen LogP) is 2.63. The van der Waals surface area contributed by atoms with Crippen LogP contribution in [-0.2, 0) is 0 Å². The van der Waals surface area contributed by atoms with E-state index in [1.807, 2.05) is 0 Å². The summed E-state index contributed by atoms with van der Waals surface area (Å²) in [4.78, 5) is 2.65. The molecule has 2 N–H and O–H groups in total. The van der Waals surface area contributed by atoms with Crippen LogP contribution in [0.1, 0.15) is 51.9 Å². The van der Waals surface area contributed by atoms with Crippen LogP contribution >= 0.6 is 0 Å². The van der Waals surface area contributed by atoms with Crippen molar-refractivity contribution < 1.29 is 0 Å². The summed E-state index contributed by atoms with van der Waals surface area (Å²) in [6.07, 6.45) is 9.76. The summed E-state index contributed by atoms with van der Waals surface area (Å²) in [5.41, 5.74) is 6.54. The Bertz CT molecular complexity index is 209. The van der Waals surface area contributed by atoms with Crippen molar-refractivity contribution in [2.75, 3.05) is 26.2 Å². The molecule has 2 aliphatic rings. The van der Waals surface area contributed by atoms with E-state index in [0.29, 0.717) is 5.41 Å². The van der Waals surface area contributed by atoms with Gasteiger partial charge in [-0.3, -0.25) is 0 Å². The molecule has 0 aromatic heterocycles. The highest BCUT2D eigenvalue weighted by atomic mass is 15.1. The third-order valence-electron chi connectivity index (χ3n) is 4.81. The standard InChI is InChI=1S/C14H28N2/c1-13-5-9-16(11-13)10-8-14(12-15)6-3-2-4-7-14/h13H,2-12,15H2,1H3. The van der Waals surface area contributed by atoms with Crippen molar-refractivity contribution in [2.24, 2.45) is 17.1 Å². The van der Waals surface area contributed by atoms with Gasteiger partial charge in [0.25, 0.3) is 0 Å². The van der Waals surface area contributed by atoms with Crippen molar-refractivity contribution in [3.63, 3.8) is 0 Å². The monoisotopic (exact) mass is 224 g/mol. The average Bonchev–Trinajstić information content (AvgIpc) is 2.74. The second kappa shape index (κ2) is 5.50. The maximum atomic E-state index is 6.03. The van der Waals surface area contributed by atoms with E-state index < -0.39 is 0 Å². The molecule has 2 fully saturated rings. The Kier molecular flexibility index (Phi) is 4.26. The number of hydrogen-bond donors (Lipinski definition) is 1. The lowest BCUT2D eigenvalue weighted by molar-refractivity contribution is 0.155. The van der Waals surface area contributed by atoms with Crippen molar-refractivity contribution in [1.29, 1.82) is 0 Å². The minimum absolute atomic E-state index is 0.504. The zero-order chi connectivity index (χ0) is 11.4. The van der Waals surface area contributed by atoms with Gasteiger partial charge in [0.2, 0.25) is 0 Å². The maximum Gasteiger partial charge on any atom is 0.000750 e. The molecule has 1 saturated heterocycles. The Hall–Kier alpha value is -0.0800. The predicted molar refractivity (Wildman–Crippen MR) is 69.4 cm³/mol. The molecule has 0 radical (unpaired) electrons. The molecule has 2 rings (SSSR count). The van der Waals surface area contributed by atoms with Crippen LogP contribution in [0.15, 0.2) is 0 Å². The fourth-order valence-corrected chi connectivity index (χ4v) is 3.48. The summed E-state index contributed by atoms with van der Waals surface area (Å²) in [6, 6.07) is 0. The maximum absolute atomic E-state index is 6.03. The number of nitrogens with two attached hydrogens (primary N) is 1. The van der Waals surface area contributed by atoms with E-state index in [0.717, 1.165) is 12.5 Å². The summed E-state index contributed by atoms with van der Waals surface area (Å²) in [5, 5.41) is 0. The van der Waals surface area contributed by atoms with Crippen molar-refractivity contribution in [3.05, 3.63) is 0 Å². The lowest BCUT2D eigenvalue weighted by Crippen LogP contribution is -2.36. The average molecular weight is 224 g/mol. The van der Waals surface area contributed by atoms with Crippen LogP contribution in [0, 0.1) is 11.3 Å². The van der Waals surface area contributed by atoms with Crippen molar-refractivity contribution in [1.82, 2.24) is 4.90 Å². The van der Waals surface area contributed by atoms with E-state index in [9.17, 15) is 0 Å². The third-order valence-corrected chi connectivity index (χ3v) is 4.81. The third kappa shape index (κ3) is 2.98. The van der Waals surface area contributed by atoms with Gasteiger partial charge in [-0.05, 0) is 56.7 Å². The minimum Gasteiger partial charge on any atom is -0.330 e. The first kappa shape index (κ1) is 12.4. The van der Waals surface area contributed by atoms with Gasteiger partial charge in [-0.2, -0.15) is 0 Å². The van der Waals surface area contributed by atoms with Gasteiger partial charge in [0, 0.05) is 6.54 Å². The molecule has 0 aromatic carbocycles. The Labute approximate surface area is 101 Å². The van der Waals surface area contributed by atoms with Crippen LogP contribution in [0.5, 0.6) is 0 Å². The number of likely N-dealkylation sites (tertiary alicyclic amines) is 1. The highest BCUT2D eigenvalue weighted by molar-refractivity contribution is 4.85. The molecule has 2 nitrogen and oxygen atoms in total. The summed E-state index contributed by atoms with van der Waals surface area (Å²) >= 11 is 0. The zero-order valence-corrected chi connectivity index (χ0v) is 10.9. The number of hydrogen-bond acceptors (Lipinski definition) is 2. The number of rotatable bonds is 4. The van der Waals surface area contributed by atoms with Crippen LogP contribution in [0.25, 0.3) is 0 Å². The van der Waals surface area contributed by atoms with E-state index in [-0.39, 0.29) is 0 Å². The molecule has 1 atom stereocenters.